The first kappa shape index (κ1) is 22.8. The van der Waals surface area contributed by atoms with E-state index in [0.717, 1.165) is 16.7 Å². The maximum atomic E-state index is 14.6. The molecule has 1 aliphatic rings. The first-order valence-electron chi connectivity index (χ1n) is 10.3. The quantitative estimate of drug-likeness (QED) is 0.449. The van der Waals surface area contributed by atoms with Gasteiger partial charge >= 0.3 is 17.9 Å². The van der Waals surface area contributed by atoms with E-state index >= 15 is 0 Å². The molecule has 1 atom stereocenters. The van der Waals surface area contributed by atoms with Crippen molar-refractivity contribution in [2.24, 2.45) is 4.99 Å². The van der Waals surface area contributed by atoms with Crippen LogP contribution in [0.5, 0.6) is 0 Å². The number of aryl methyl sites for hydroxylation is 3. The Morgan fingerprint density at radius 3 is 1.82 bits per heavy atom. The van der Waals surface area contributed by atoms with E-state index in [1.807, 2.05) is 38.1 Å². The van der Waals surface area contributed by atoms with E-state index in [2.05, 4.69) is 10.3 Å². The summed E-state index contributed by atoms with van der Waals surface area (Å²) in [4.78, 5) is 5.80. The van der Waals surface area contributed by atoms with Gasteiger partial charge in [-0.2, -0.15) is 18.2 Å². The third-order valence-electron chi connectivity index (χ3n) is 5.33. The molecule has 0 saturated carbocycles. The van der Waals surface area contributed by atoms with Gasteiger partial charge in [0.1, 0.15) is 0 Å². The van der Waals surface area contributed by atoms with Gasteiger partial charge in [-0.3, -0.25) is 0 Å². The lowest BCUT2D eigenvalue weighted by atomic mass is 10.00. The molecule has 0 bridgehead atoms. The molecule has 1 heterocycles. The summed E-state index contributed by atoms with van der Waals surface area (Å²) in [6.45, 7) is 5.63. The zero-order valence-electron chi connectivity index (χ0n) is 18.3. The predicted octanol–water partition coefficient (Wildman–Crippen LogP) is 6.43. The van der Waals surface area contributed by atoms with Crippen LogP contribution in [0.4, 0.5) is 24.5 Å². The number of nitrogens with one attached hydrogen (secondary N) is 1. The van der Waals surface area contributed by atoms with E-state index in [4.69, 9.17) is 17.0 Å². The number of ether oxygens (including phenoxy) is 1. The molecule has 3 aromatic rings. The molecule has 33 heavy (non-hydrogen) atoms. The average Bonchev–Trinajstić information content (AvgIpc) is 2.76. The summed E-state index contributed by atoms with van der Waals surface area (Å²) in [6, 6.07) is 19.9. The summed E-state index contributed by atoms with van der Waals surface area (Å²) in [6.07, 6.45) is -4.83. The minimum Gasteiger partial charge on any atom is -0.423 e. The zero-order chi connectivity index (χ0) is 23.8. The highest BCUT2D eigenvalue weighted by Crippen LogP contribution is 2.43. The molecule has 4 nitrogen and oxygen atoms in total. The molecule has 4 rings (SSSR count). The van der Waals surface area contributed by atoms with Gasteiger partial charge in [-0.1, -0.05) is 65.2 Å². The Hall–Kier alpha value is -3.39. The Morgan fingerprint density at radius 2 is 1.30 bits per heavy atom. The molecule has 1 saturated heterocycles. The van der Waals surface area contributed by atoms with Gasteiger partial charge in [0.15, 0.2) is 5.11 Å². The maximum absolute atomic E-state index is 14.6. The highest BCUT2D eigenvalue weighted by molar-refractivity contribution is 7.80. The number of hydrogen-bond donors (Lipinski definition) is 1. The molecule has 0 unspecified atom stereocenters. The third-order valence-corrected chi connectivity index (χ3v) is 5.61. The van der Waals surface area contributed by atoms with Gasteiger partial charge in [-0.15, -0.1) is 0 Å². The van der Waals surface area contributed by atoms with Crippen LogP contribution in [-0.4, -0.2) is 17.3 Å². The molecule has 0 aliphatic carbocycles. The van der Waals surface area contributed by atoms with Crippen LogP contribution < -0.4 is 10.2 Å². The lowest BCUT2D eigenvalue weighted by Gasteiger charge is -2.45. The topological polar surface area (TPSA) is 36.9 Å². The number of halogens is 3. The second-order valence-corrected chi connectivity index (χ2v) is 8.36. The van der Waals surface area contributed by atoms with E-state index in [1.54, 1.807) is 43.3 Å². The molecule has 3 aromatic carbocycles. The second kappa shape index (κ2) is 8.51. The van der Waals surface area contributed by atoms with Crippen LogP contribution in [0.3, 0.4) is 0 Å². The highest BCUT2D eigenvalue weighted by Gasteiger charge is 2.63. The normalized spacial score (nSPS) is 19.9. The standard InChI is InChI=1S/C25H22F3N3OS/c1-16-4-10-19(11-5-16)24(25(26,27)28)30-23(33)31(21-14-8-18(3)9-15-21)22(32-24)29-20-12-6-17(2)7-13-20/h4-15H,1-3H3,(H,30,33)/t24-/m0/s1. The SMILES string of the molecule is Cc1ccc(N=C2O[C@@](c3ccc(C)cc3)(C(F)(F)F)NC(=S)N2c2ccc(C)cc2)cc1. The number of nitrogens with zero attached hydrogens (tertiary/aromatic N) is 2. The minimum absolute atomic E-state index is 0.122. The lowest BCUT2D eigenvalue weighted by molar-refractivity contribution is -0.268. The first-order chi connectivity index (χ1) is 15.6. The number of thiocarbonyl (C=S) groups is 1. The average molecular weight is 470 g/mol. The molecule has 8 heteroatoms. The largest absolute Gasteiger partial charge is 0.453 e. The fraction of sp³-hybridized carbons (Fsp3) is 0.200. The van der Waals surface area contributed by atoms with Crippen molar-refractivity contribution in [3.63, 3.8) is 0 Å². The van der Waals surface area contributed by atoms with Crippen molar-refractivity contribution >= 4 is 34.7 Å². The van der Waals surface area contributed by atoms with Crippen molar-refractivity contribution in [2.45, 2.75) is 32.7 Å². The molecular formula is C25H22F3N3OS. The Bertz CT molecular complexity index is 1190. The van der Waals surface area contributed by atoms with Crippen LogP contribution in [0, 0.1) is 20.8 Å². The first-order valence-corrected chi connectivity index (χ1v) is 10.7. The molecule has 0 aromatic heterocycles. The van der Waals surface area contributed by atoms with Crippen molar-refractivity contribution in [3.05, 3.63) is 95.1 Å². The Labute approximate surface area is 195 Å². The van der Waals surface area contributed by atoms with Gasteiger partial charge in [-0.05, 0) is 57.3 Å². The van der Waals surface area contributed by atoms with Gasteiger partial charge in [0.2, 0.25) is 0 Å². The van der Waals surface area contributed by atoms with Gasteiger partial charge in [0.05, 0.1) is 11.4 Å². The van der Waals surface area contributed by atoms with Crippen molar-refractivity contribution in [3.8, 4) is 0 Å². The summed E-state index contributed by atoms with van der Waals surface area (Å²) < 4.78 is 49.5. The monoisotopic (exact) mass is 469 g/mol. The van der Waals surface area contributed by atoms with E-state index in [0.29, 0.717) is 11.4 Å². The molecule has 170 valence electrons. The molecule has 0 spiro atoms. The molecule has 0 radical (unpaired) electrons. The maximum Gasteiger partial charge on any atom is 0.453 e. The van der Waals surface area contributed by atoms with Crippen LogP contribution >= 0.6 is 12.2 Å². The molecule has 1 N–H and O–H groups in total. The third kappa shape index (κ3) is 4.43. The van der Waals surface area contributed by atoms with E-state index in [-0.39, 0.29) is 16.7 Å². The van der Waals surface area contributed by atoms with Gasteiger partial charge in [0.25, 0.3) is 0 Å². The smallest absolute Gasteiger partial charge is 0.423 e. The van der Waals surface area contributed by atoms with E-state index < -0.39 is 11.9 Å². The van der Waals surface area contributed by atoms with Crippen molar-refractivity contribution < 1.29 is 17.9 Å². The Kier molecular flexibility index (Phi) is 5.88. The fourth-order valence-electron chi connectivity index (χ4n) is 3.44. The van der Waals surface area contributed by atoms with Gasteiger partial charge in [-0.25, -0.2) is 4.90 Å². The Balaban J connectivity index is 1.89. The minimum atomic E-state index is -4.83. The number of anilines is 1. The van der Waals surface area contributed by atoms with Gasteiger partial charge < -0.3 is 10.1 Å². The second-order valence-electron chi connectivity index (χ2n) is 7.98. The summed E-state index contributed by atoms with van der Waals surface area (Å²) >= 11 is 5.45. The van der Waals surface area contributed by atoms with E-state index in [1.165, 1.54) is 17.0 Å². The number of aliphatic imine (C=N–C) groups is 1. The summed E-state index contributed by atoms with van der Waals surface area (Å²) in [5.41, 5.74) is 0.786. The molecule has 1 aliphatic heterocycles. The summed E-state index contributed by atoms with van der Waals surface area (Å²) in [7, 11) is 0. The van der Waals surface area contributed by atoms with Crippen LogP contribution in [0.15, 0.2) is 77.8 Å². The highest BCUT2D eigenvalue weighted by atomic mass is 32.1. The molecule has 0 amide bonds. The fourth-order valence-corrected chi connectivity index (χ4v) is 3.76. The molecular weight excluding hydrogens is 447 g/mol. The van der Waals surface area contributed by atoms with Crippen LogP contribution in [0.1, 0.15) is 22.3 Å². The lowest BCUT2D eigenvalue weighted by Crippen LogP contribution is -2.67. The van der Waals surface area contributed by atoms with Gasteiger partial charge in [0, 0.05) is 5.56 Å². The summed E-state index contributed by atoms with van der Waals surface area (Å²) in [5, 5.41) is 2.25. The number of rotatable bonds is 3. The van der Waals surface area contributed by atoms with Crippen LogP contribution in [0.2, 0.25) is 0 Å². The number of benzene rings is 3. The Morgan fingerprint density at radius 1 is 0.818 bits per heavy atom. The van der Waals surface area contributed by atoms with Crippen molar-refractivity contribution in [1.82, 2.24) is 5.32 Å². The summed E-state index contributed by atoms with van der Waals surface area (Å²) in [5.74, 6) is 0. The van der Waals surface area contributed by atoms with Crippen molar-refractivity contribution in [2.75, 3.05) is 4.90 Å². The molecule has 1 fully saturated rings. The number of amidine groups is 1. The van der Waals surface area contributed by atoms with Crippen LogP contribution in [-0.2, 0) is 10.5 Å². The number of alkyl halides is 3. The predicted molar refractivity (Wildman–Crippen MR) is 128 cm³/mol. The number of hydrogen-bond acceptors (Lipinski definition) is 3. The van der Waals surface area contributed by atoms with Crippen LogP contribution in [0.25, 0.3) is 0 Å². The van der Waals surface area contributed by atoms with E-state index in [9.17, 15) is 13.2 Å². The van der Waals surface area contributed by atoms with Crippen molar-refractivity contribution in [1.29, 1.82) is 0 Å². The zero-order valence-corrected chi connectivity index (χ0v) is 19.1.